The van der Waals surface area contributed by atoms with Gasteiger partial charge >= 0.3 is 0 Å². The maximum atomic E-state index is 5.49. The van der Waals surface area contributed by atoms with Crippen LogP contribution in [-0.4, -0.2) is 24.1 Å². The molecule has 3 aromatic heterocycles. The third-order valence-electron chi connectivity index (χ3n) is 15.6. The molecule has 0 unspecified atom stereocenters. The molecule has 73 heavy (non-hydrogen) atoms. The number of fused-ring (bicyclic) bond motifs is 9. The first kappa shape index (κ1) is 42.9. The Hall–Kier alpha value is -8.93. The van der Waals surface area contributed by atoms with Crippen LogP contribution in [0.3, 0.4) is 0 Å². The normalized spacial score (nSPS) is 13.9. The summed E-state index contributed by atoms with van der Waals surface area (Å²) in [7, 11) is 0. The Morgan fingerprint density at radius 1 is 0.342 bits per heavy atom. The maximum absolute atomic E-state index is 5.49. The highest BCUT2D eigenvalue weighted by atomic mass is 15.2. The molecular weight excluding hydrogens is 887 g/mol. The number of benzene rings is 10. The molecule has 0 saturated heterocycles. The summed E-state index contributed by atoms with van der Waals surface area (Å²) < 4.78 is 4.73. The quantitative estimate of drug-likeness (QED) is 0.160. The highest BCUT2D eigenvalue weighted by Crippen LogP contribution is 2.50. The number of aromatic nitrogens is 5. The first-order valence-electron chi connectivity index (χ1n) is 25.4. The highest BCUT2D eigenvalue weighted by Gasteiger charge is 2.41. The van der Waals surface area contributed by atoms with Crippen LogP contribution in [0.4, 0.5) is 0 Å². The second-order valence-corrected chi connectivity index (χ2v) is 21.1. The Morgan fingerprint density at radius 2 is 0.836 bits per heavy atom. The van der Waals surface area contributed by atoms with Crippen molar-refractivity contribution in [2.45, 2.75) is 44.9 Å². The molecule has 5 heteroatoms. The van der Waals surface area contributed by atoms with Crippen molar-refractivity contribution in [1.29, 1.82) is 0 Å². The van der Waals surface area contributed by atoms with Gasteiger partial charge in [0.05, 0.1) is 22.1 Å². The van der Waals surface area contributed by atoms with Gasteiger partial charge in [0.25, 0.3) is 0 Å². The Morgan fingerprint density at radius 3 is 1.55 bits per heavy atom. The lowest BCUT2D eigenvalue weighted by Crippen LogP contribution is -2.17. The van der Waals surface area contributed by atoms with Gasteiger partial charge in [0.2, 0.25) is 5.95 Å². The minimum Gasteiger partial charge on any atom is -0.307 e. The monoisotopic (exact) mass is 937 g/mol. The van der Waals surface area contributed by atoms with Crippen LogP contribution >= 0.6 is 0 Å². The van der Waals surface area contributed by atoms with E-state index < -0.39 is 0 Å². The smallest absolute Gasteiger partial charge is 0.238 e. The fourth-order valence-electron chi connectivity index (χ4n) is 12.4. The number of para-hydroxylation sites is 2. The molecule has 5 nitrogen and oxygen atoms in total. The minimum absolute atomic E-state index is 0.145. The summed E-state index contributed by atoms with van der Waals surface area (Å²) in [5.74, 6) is 1.78. The van der Waals surface area contributed by atoms with E-state index in [0.29, 0.717) is 17.6 Å². The maximum Gasteiger partial charge on any atom is 0.238 e. The molecule has 348 valence electrons. The lowest BCUT2D eigenvalue weighted by molar-refractivity contribution is 0.403. The summed E-state index contributed by atoms with van der Waals surface area (Å²) in [5, 5.41) is 6.80. The van der Waals surface area contributed by atoms with Crippen molar-refractivity contribution in [3.63, 3.8) is 0 Å². The number of hydrogen-bond donors (Lipinski definition) is 0. The van der Waals surface area contributed by atoms with Crippen LogP contribution < -0.4 is 0 Å². The first-order chi connectivity index (χ1) is 35.7. The second-order valence-electron chi connectivity index (χ2n) is 21.1. The van der Waals surface area contributed by atoms with E-state index in [9.17, 15) is 0 Å². The van der Waals surface area contributed by atoms with E-state index in [2.05, 4.69) is 255 Å². The molecule has 13 aromatic rings. The lowest BCUT2D eigenvalue weighted by atomic mass is 9.82. The molecule has 0 fully saturated rings. The van der Waals surface area contributed by atoms with Crippen LogP contribution in [0.25, 0.3) is 122 Å². The molecule has 1 aliphatic rings. The van der Waals surface area contributed by atoms with Gasteiger partial charge in [-0.25, -0.2) is 4.98 Å². The van der Waals surface area contributed by atoms with Crippen LogP contribution in [-0.2, 0) is 10.8 Å². The SMILES string of the molecule is CC1(C)CC(C)(C)c2cc(-c3ccc(-c4cccc(-n5c6ccccc6c6ccc7c8ccccc8n(-c8nc(-c9ccc(-c%10ccccc%10)cc9)nc(-c9cccc%10ccccc9%10)n8)c7c65)c4)cc3)ccc21. The highest BCUT2D eigenvalue weighted by molar-refractivity contribution is 6.23. The van der Waals surface area contributed by atoms with Crippen LogP contribution in [0.1, 0.15) is 45.2 Å². The average Bonchev–Trinajstić information content (AvgIpc) is 4.02. The van der Waals surface area contributed by atoms with Gasteiger partial charge in [-0.15, -0.1) is 0 Å². The van der Waals surface area contributed by atoms with Crippen LogP contribution in [0, 0.1) is 0 Å². The molecule has 0 N–H and O–H groups in total. The van der Waals surface area contributed by atoms with Gasteiger partial charge in [-0.05, 0) is 96.8 Å². The molecule has 10 aromatic carbocycles. The van der Waals surface area contributed by atoms with E-state index in [-0.39, 0.29) is 10.8 Å². The predicted molar refractivity (Wildman–Crippen MR) is 304 cm³/mol. The Kier molecular flexibility index (Phi) is 9.58. The van der Waals surface area contributed by atoms with E-state index in [4.69, 9.17) is 15.0 Å². The summed E-state index contributed by atoms with van der Waals surface area (Å²) >= 11 is 0. The zero-order chi connectivity index (χ0) is 49.0. The van der Waals surface area contributed by atoms with Crippen LogP contribution in [0.2, 0.25) is 0 Å². The van der Waals surface area contributed by atoms with Crippen LogP contribution in [0.5, 0.6) is 0 Å². The van der Waals surface area contributed by atoms with E-state index in [1.54, 1.807) is 0 Å². The Labute approximate surface area is 424 Å². The molecule has 0 saturated carbocycles. The standard InChI is InChI=1S/C68H51N5/c1-67(2)42-68(3,4)59-41-50(36-39-58(59)67)46-30-28-45(29-31-46)49-20-14-21-51(40-49)72-60-26-12-10-23-53(60)55-37-38-56-54-24-11-13-27-61(54)73(63(56)62(55)72)66-70-64(48-34-32-44(33-35-48)43-16-6-5-7-17-43)69-65(71-66)57-25-15-19-47-18-8-9-22-52(47)57/h5-41H,42H2,1-4H3. The molecule has 14 rings (SSSR count). The van der Waals surface area contributed by atoms with Crippen molar-refractivity contribution >= 4 is 54.4 Å². The van der Waals surface area contributed by atoms with E-state index in [1.807, 2.05) is 6.07 Å². The van der Waals surface area contributed by atoms with Crippen molar-refractivity contribution in [1.82, 2.24) is 24.1 Å². The summed E-state index contributed by atoms with van der Waals surface area (Å²) in [6.45, 7) is 9.54. The summed E-state index contributed by atoms with van der Waals surface area (Å²) in [6.07, 6.45) is 1.16. The molecule has 0 atom stereocenters. The van der Waals surface area contributed by atoms with Gasteiger partial charge in [-0.3, -0.25) is 4.57 Å². The molecule has 0 bridgehead atoms. The minimum atomic E-state index is 0.145. The summed E-state index contributed by atoms with van der Waals surface area (Å²) in [6, 6.07) is 81.1. The van der Waals surface area contributed by atoms with Crippen LogP contribution in [0.15, 0.2) is 224 Å². The van der Waals surface area contributed by atoms with Gasteiger partial charge in [-0.1, -0.05) is 228 Å². The van der Waals surface area contributed by atoms with Crippen molar-refractivity contribution < 1.29 is 0 Å². The molecule has 0 spiro atoms. The fourth-order valence-corrected chi connectivity index (χ4v) is 12.4. The van der Waals surface area contributed by atoms with Crippen molar-refractivity contribution in [3.8, 4) is 67.8 Å². The summed E-state index contributed by atoms with van der Waals surface area (Å²) in [5.41, 5.74) is 17.6. The zero-order valence-corrected chi connectivity index (χ0v) is 41.3. The van der Waals surface area contributed by atoms with E-state index in [1.165, 1.54) is 33.2 Å². The zero-order valence-electron chi connectivity index (χ0n) is 41.3. The third kappa shape index (κ3) is 6.94. The van der Waals surface area contributed by atoms with Crippen molar-refractivity contribution in [2.24, 2.45) is 0 Å². The second kappa shape index (κ2) is 16.3. The number of rotatable bonds is 7. The third-order valence-corrected chi connectivity index (χ3v) is 15.6. The fraction of sp³-hybridized carbons (Fsp3) is 0.103. The van der Waals surface area contributed by atoms with Gasteiger partial charge in [0, 0.05) is 38.4 Å². The number of nitrogens with zero attached hydrogens (tertiary/aromatic N) is 5. The van der Waals surface area contributed by atoms with Gasteiger partial charge in [0.1, 0.15) is 0 Å². The predicted octanol–water partition coefficient (Wildman–Crippen LogP) is 17.5. The molecule has 3 heterocycles. The topological polar surface area (TPSA) is 48.5 Å². The molecular formula is C68H51N5. The lowest BCUT2D eigenvalue weighted by Gasteiger charge is -2.22. The van der Waals surface area contributed by atoms with Gasteiger partial charge in [-0.2, -0.15) is 9.97 Å². The molecule has 0 aliphatic heterocycles. The molecule has 1 aliphatic carbocycles. The van der Waals surface area contributed by atoms with Gasteiger partial charge < -0.3 is 4.57 Å². The molecule has 0 amide bonds. The van der Waals surface area contributed by atoms with Gasteiger partial charge in [0.15, 0.2) is 11.6 Å². The molecule has 0 radical (unpaired) electrons. The Balaban J connectivity index is 0.969. The van der Waals surface area contributed by atoms with E-state index in [0.717, 1.165) is 88.9 Å². The first-order valence-corrected chi connectivity index (χ1v) is 25.4. The van der Waals surface area contributed by atoms with E-state index >= 15 is 0 Å². The number of hydrogen-bond acceptors (Lipinski definition) is 3. The van der Waals surface area contributed by atoms with Crippen molar-refractivity contribution in [3.05, 3.63) is 236 Å². The Bertz CT molecular complexity index is 4320. The largest absolute Gasteiger partial charge is 0.307 e. The average molecular weight is 938 g/mol. The summed E-state index contributed by atoms with van der Waals surface area (Å²) in [4.78, 5) is 16.3. The van der Waals surface area contributed by atoms with Crippen molar-refractivity contribution in [2.75, 3.05) is 0 Å².